The van der Waals surface area contributed by atoms with Crippen molar-refractivity contribution in [2.45, 2.75) is 33.7 Å². The molecule has 1 aliphatic rings. The lowest BCUT2D eigenvalue weighted by Crippen LogP contribution is -2.36. The van der Waals surface area contributed by atoms with Crippen LogP contribution in [0.25, 0.3) is 21.6 Å². The predicted octanol–water partition coefficient (Wildman–Crippen LogP) is 4.03. The highest BCUT2D eigenvalue weighted by Crippen LogP contribution is 2.32. The normalized spacial score (nSPS) is 13.1. The molecule has 0 fully saturated rings. The van der Waals surface area contributed by atoms with Gasteiger partial charge in [-0.15, -0.1) is 11.3 Å². The van der Waals surface area contributed by atoms with Crippen molar-refractivity contribution in [3.63, 3.8) is 0 Å². The maximum Gasteiger partial charge on any atom is 0.349 e. The number of carbonyl (C=O) groups excluding carboxylic acids is 1. The lowest BCUT2D eigenvalue weighted by Gasteiger charge is -2.18. The predicted molar refractivity (Wildman–Crippen MR) is 124 cm³/mol. The summed E-state index contributed by atoms with van der Waals surface area (Å²) in [6, 6.07) is 14.0. The summed E-state index contributed by atoms with van der Waals surface area (Å²) in [5, 5.41) is 0.834. The minimum Gasteiger partial charge on any atom is -0.310 e. The zero-order chi connectivity index (χ0) is 21.7. The van der Waals surface area contributed by atoms with Crippen LogP contribution in [0.2, 0.25) is 0 Å². The molecule has 0 radical (unpaired) electrons. The molecule has 0 aliphatic carbocycles. The summed E-state index contributed by atoms with van der Waals surface area (Å²) in [5.74, 6) is -0.111. The van der Waals surface area contributed by atoms with E-state index in [4.69, 9.17) is 0 Å². The van der Waals surface area contributed by atoms with Crippen LogP contribution in [0.4, 0.5) is 5.69 Å². The van der Waals surface area contributed by atoms with Gasteiger partial charge in [-0.25, -0.2) is 9.78 Å². The van der Waals surface area contributed by atoms with E-state index >= 15 is 0 Å². The maximum absolute atomic E-state index is 13.1. The first-order chi connectivity index (χ1) is 14.9. The van der Waals surface area contributed by atoms with E-state index < -0.39 is 5.69 Å². The highest BCUT2D eigenvalue weighted by Gasteiger charge is 2.26. The molecule has 2 aromatic heterocycles. The van der Waals surface area contributed by atoms with Gasteiger partial charge in [0, 0.05) is 17.8 Å². The van der Waals surface area contributed by atoms with Crippen LogP contribution in [-0.4, -0.2) is 27.0 Å². The third-order valence-corrected chi connectivity index (χ3v) is 6.74. The van der Waals surface area contributed by atoms with Gasteiger partial charge >= 0.3 is 5.69 Å². The van der Waals surface area contributed by atoms with E-state index in [2.05, 4.69) is 16.0 Å². The summed E-state index contributed by atoms with van der Waals surface area (Å²) in [6.45, 7) is 6.53. The van der Waals surface area contributed by atoms with Gasteiger partial charge in [0.1, 0.15) is 22.6 Å². The molecule has 0 saturated carbocycles. The van der Waals surface area contributed by atoms with Crippen molar-refractivity contribution in [1.29, 1.82) is 0 Å². The summed E-state index contributed by atoms with van der Waals surface area (Å²) in [6.07, 6.45) is 0.829. The summed E-state index contributed by atoms with van der Waals surface area (Å²) in [7, 11) is 0. The Morgan fingerprint density at radius 1 is 1.10 bits per heavy atom. The first kappa shape index (κ1) is 19.6. The van der Waals surface area contributed by atoms with E-state index in [1.54, 1.807) is 4.90 Å². The van der Waals surface area contributed by atoms with Gasteiger partial charge in [-0.05, 0) is 44.4 Å². The lowest BCUT2D eigenvalue weighted by molar-refractivity contribution is -0.119. The van der Waals surface area contributed by atoms with Crippen molar-refractivity contribution in [1.82, 2.24) is 14.5 Å². The molecule has 5 rings (SSSR count). The van der Waals surface area contributed by atoms with Crippen LogP contribution in [0.3, 0.4) is 0 Å². The molecule has 31 heavy (non-hydrogen) atoms. The Hall–Kier alpha value is -3.32. The summed E-state index contributed by atoms with van der Waals surface area (Å²) in [4.78, 5) is 37.7. The Bertz CT molecular complexity index is 1400. The van der Waals surface area contributed by atoms with E-state index in [9.17, 15) is 9.59 Å². The second kappa shape index (κ2) is 7.42. The molecule has 0 N–H and O–H groups in total. The topological polar surface area (TPSA) is 68.1 Å². The van der Waals surface area contributed by atoms with Crippen molar-refractivity contribution in [2.75, 3.05) is 11.4 Å². The lowest BCUT2D eigenvalue weighted by atomic mass is 10.0. The average Bonchev–Trinajstić information content (AvgIpc) is 3.33. The molecule has 0 unspecified atom stereocenters. The first-order valence-corrected chi connectivity index (χ1v) is 11.1. The van der Waals surface area contributed by atoms with Gasteiger partial charge in [-0.2, -0.15) is 4.98 Å². The summed E-state index contributed by atoms with van der Waals surface area (Å²) < 4.78 is 1.47. The highest BCUT2D eigenvalue weighted by molar-refractivity contribution is 7.18. The van der Waals surface area contributed by atoms with Gasteiger partial charge in [0.2, 0.25) is 5.91 Å². The average molecular weight is 431 g/mol. The Kier molecular flexibility index (Phi) is 4.70. The van der Waals surface area contributed by atoms with Crippen LogP contribution in [0.1, 0.15) is 21.7 Å². The van der Waals surface area contributed by atoms with Crippen LogP contribution in [-0.2, 0) is 17.8 Å². The fraction of sp³-hybridized carbons (Fsp3) is 0.250. The van der Waals surface area contributed by atoms with Crippen molar-refractivity contribution >= 4 is 33.3 Å². The number of nitrogens with zero attached hydrogens (tertiary/aromatic N) is 4. The van der Waals surface area contributed by atoms with E-state index in [1.165, 1.54) is 15.9 Å². The molecule has 2 aromatic carbocycles. The molecule has 7 heteroatoms. The Balaban J connectivity index is 1.59. The second-order valence-electron chi connectivity index (χ2n) is 7.96. The minimum atomic E-state index is -0.424. The molecule has 6 nitrogen and oxygen atoms in total. The van der Waals surface area contributed by atoms with Crippen molar-refractivity contribution in [3.8, 4) is 11.3 Å². The molecule has 1 aliphatic heterocycles. The third kappa shape index (κ3) is 3.35. The SMILES string of the molecule is Cc1ccc(-c2nc(=O)n(CC(=O)N3CCc4ccccc43)c3sc(C)nc23)c(C)c1. The molecule has 1 amide bonds. The number of benzene rings is 2. The number of amides is 1. The van der Waals surface area contributed by atoms with Gasteiger partial charge in [-0.1, -0.05) is 42.0 Å². The highest BCUT2D eigenvalue weighted by atomic mass is 32.1. The van der Waals surface area contributed by atoms with Crippen LogP contribution in [0.15, 0.2) is 47.3 Å². The van der Waals surface area contributed by atoms with Gasteiger partial charge in [0.15, 0.2) is 0 Å². The van der Waals surface area contributed by atoms with E-state index in [0.29, 0.717) is 22.6 Å². The Morgan fingerprint density at radius 3 is 2.71 bits per heavy atom. The van der Waals surface area contributed by atoms with E-state index in [1.807, 2.05) is 57.2 Å². The van der Waals surface area contributed by atoms with Crippen LogP contribution < -0.4 is 10.6 Å². The molecule has 0 bridgehead atoms. The number of anilines is 1. The number of fused-ring (bicyclic) bond motifs is 2. The van der Waals surface area contributed by atoms with E-state index in [-0.39, 0.29) is 12.5 Å². The molecular formula is C24H22N4O2S. The number of para-hydroxylation sites is 1. The molecule has 0 saturated heterocycles. The van der Waals surface area contributed by atoms with Gasteiger partial charge in [0.25, 0.3) is 0 Å². The second-order valence-corrected chi connectivity index (χ2v) is 9.14. The van der Waals surface area contributed by atoms with Crippen molar-refractivity contribution in [3.05, 3.63) is 74.6 Å². The van der Waals surface area contributed by atoms with Gasteiger partial charge < -0.3 is 4.90 Å². The van der Waals surface area contributed by atoms with Crippen molar-refractivity contribution in [2.24, 2.45) is 0 Å². The fourth-order valence-corrected chi connectivity index (χ4v) is 5.18. The van der Waals surface area contributed by atoms with Crippen LogP contribution in [0.5, 0.6) is 0 Å². The van der Waals surface area contributed by atoms with Gasteiger partial charge in [0.05, 0.1) is 5.01 Å². The molecule has 3 heterocycles. The van der Waals surface area contributed by atoms with Crippen LogP contribution >= 0.6 is 11.3 Å². The van der Waals surface area contributed by atoms with Crippen LogP contribution in [0, 0.1) is 20.8 Å². The summed E-state index contributed by atoms with van der Waals surface area (Å²) in [5.41, 5.74) is 6.00. The molecule has 156 valence electrons. The third-order valence-electron chi connectivity index (χ3n) is 5.74. The zero-order valence-electron chi connectivity index (χ0n) is 17.7. The Morgan fingerprint density at radius 2 is 1.90 bits per heavy atom. The smallest absolute Gasteiger partial charge is 0.310 e. The minimum absolute atomic E-state index is 0.0501. The Labute approximate surface area is 183 Å². The number of hydrogen-bond donors (Lipinski definition) is 0. The largest absolute Gasteiger partial charge is 0.349 e. The number of aromatic nitrogens is 3. The molecule has 4 aromatic rings. The zero-order valence-corrected chi connectivity index (χ0v) is 18.5. The monoisotopic (exact) mass is 430 g/mol. The first-order valence-electron chi connectivity index (χ1n) is 10.3. The molecule has 0 spiro atoms. The quantitative estimate of drug-likeness (QED) is 0.492. The fourth-order valence-electron chi connectivity index (χ4n) is 4.27. The number of thiazole rings is 1. The number of rotatable bonds is 3. The number of hydrogen-bond acceptors (Lipinski definition) is 5. The van der Waals surface area contributed by atoms with Crippen molar-refractivity contribution < 1.29 is 4.79 Å². The standard InChI is InChI=1S/C24H22N4O2S/c1-14-8-9-18(15(2)12-14)21-22-23(31-16(3)25-22)28(24(30)26-21)13-20(29)27-11-10-17-6-4-5-7-19(17)27/h4-9,12H,10-11,13H2,1-3H3. The van der Waals surface area contributed by atoms with E-state index in [0.717, 1.165) is 39.4 Å². The molecule has 0 atom stereocenters. The molecular weight excluding hydrogens is 408 g/mol. The maximum atomic E-state index is 13.1. The number of carbonyl (C=O) groups is 1. The summed E-state index contributed by atoms with van der Waals surface area (Å²) >= 11 is 1.42. The number of aryl methyl sites for hydroxylation is 3. The van der Waals surface area contributed by atoms with Gasteiger partial charge in [-0.3, -0.25) is 9.36 Å².